The summed E-state index contributed by atoms with van der Waals surface area (Å²) in [5, 5.41) is 3.60. The molecule has 0 aromatic heterocycles. The van der Waals surface area contributed by atoms with Crippen LogP contribution in [0.3, 0.4) is 0 Å². The van der Waals surface area contributed by atoms with Gasteiger partial charge in [0.2, 0.25) is 11.8 Å². The van der Waals surface area contributed by atoms with Crippen LogP contribution < -0.4 is 19.7 Å². The minimum atomic E-state index is -0.475. The third-order valence-corrected chi connectivity index (χ3v) is 5.07. The lowest BCUT2D eigenvalue weighted by Crippen LogP contribution is -2.28. The van der Waals surface area contributed by atoms with E-state index in [4.69, 9.17) is 32.7 Å². The SMILES string of the molecule is O=C(Nc1ccc(Cl)cc1Cl)C1CC(=O)N(c2ccc3c(c2)OCCO3)C1. The molecule has 1 N–H and O–H groups in total. The van der Waals surface area contributed by atoms with Crippen molar-refractivity contribution in [3.63, 3.8) is 0 Å². The highest BCUT2D eigenvalue weighted by Crippen LogP contribution is 2.36. The third kappa shape index (κ3) is 3.68. The van der Waals surface area contributed by atoms with Crippen molar-refractivity contribution in [2.24, 2.45) is 5.92 Å². The van der Waals surface area contributed by atoms with Crippen molar-refractivity contribution in [1.29, 1.82) is 0 Å². The summed E-state index contributed by atoms with van der Waals surface area (Å²) < 4.78 is 11.1. The number of halogens is 2. The lowest BCUT2D eigenvalue weighted by atomic mass is 10.1. The molecule has 0 aliphatic carbocycles. The minimum absolute atomic E-state index is 0.117. The standard InChI is InChI=1S/C19H16Cl2N2O4/c20-12-1-3-15(14(21)8-12)22-19(25)11-7-18(24)23(10-11)13-2-4-16-17(9-13)27-6-5-26-16/h1-4,8-9,11H,5-7,10H2,(H,22,25). The van der Waals surface area contributed by atoms with Crippen molar-refractivity contribution in [2.75, 3.05) is 30.0 Å². The molecule has 0 radical (unpaired) electrons. The van der Waals surface area contributed by atoms with Crippen molar-refractivity contribution in [3.05, 3.63) is 46.4 Å². The fourth-order valence-electron chi connectivity index (χ4n) is 3.16. The zero-order chi connectivity index (χ0) is 19.0. The summed E-state index contributed by atoms with van der Waals surface area (Å²) in [4.78, 5) is 26.6. The molecular weight excluding hydrogens is 391 g/mol. The summed E-state index contributed by atoms with van der Waals surface area (Å²) in [6.07, 6.45) is 0.130. The average molecular weight is 407 g/mol. The Morgan fingerprint density at radius 3 is 2.63 bits per heavy atom. The number of hydrogen-bond acceptors (Lipinski definition) is 4. The largest absolute Gasteiger partial charge is 0.486 e. The zero-order valence-corrected chi connectivity index (χ0v) is 15.7. The van der Waals surface area contributed by atoms with Gasteiger partial charge >= 0.3 is 0 Å². The van der Waals surface area contributed by atoms with E-state index in [1.807, 2.05) is 0 Å². The number of nitrogens with one attached hydrogen (secondary N) is 1. The van der Waals surface area contributed by atoms with Crippen LogP contribution in [0.5, 0.6) is 11.5 Å². The Bertz CT molecular complexity index is 919. The van der Waals surface area contributed by atoms with Crippen LogP contribution in [0.15, 0.2) is 36.4 Å². The van der Waals surface area contributed by atoms with Gasteiger partial charge in [0.05, 0.1) is 16.6 Å². The normalized spacial score (nSPS) is 18.5. The van der Waals surface area contributed by atoms with Crippen molar-refractivity contribution < 1.29 is 19.1 Å². The van der Waals surface area contributed by atoms with E-state index >= 15 is 0 Å². The maximum atomic E-state index is 12.6. The van der Waals surface area contributed by atoms with E-state index in [0.29, 0.717) is 46.1 Å². The first kappa shape index (κ1) is 17.9. The Balaban J connectivity index is 1.48. The second kappa shape index (κ2) is 7.29. The minimum Gasteiger partial charge on any atom is -0.486 e. The molecule has 2 aromatic carbocycles. The highest BCUT2D eigenvalue weighted by molar-refractivity contribution is 6.36. The van der Waals surface area contributed by atoms with E-state index in [-0.39, 0.29) is 24.8 Å². The highest BCUT2D eigenvalue weighted by Gasteiger charge is 2.35. The highest BCUT2D eigenvalue weighted by atomic mass is 35.5. The number of carbonyl (C=O) groups excluding carboxylic acids is 2. The van der Waals surface area contributed by atoms with Gasteiger partial charge in [-0.3, -0.25) is 9.59 Å². The number of carbonyl (C=O) groups is 2. The molecule has 1 saturated heterocycles. The lowest BCUT2D eigenvalue weighted by molar-refractivity contribution is -0.122. The van der Waals surface area contributed by atoms with E-state index in [1.165, 1.54) is 0 Å². The first-order valence-electron chi connectivity index (χ1n) is 8.47. The molecule has 0 spiro atoms. The number of nitrogens with zero attached hydrogens (tertiary/aromatic N) is 1. The monoisotopic (exact) mass is 406 g/mol. The maximum Gasteiger partial charge on any atom is 0.229 e. The van der Waals surface area contributed by atoms with Crippen molar-refractivity contribution >= 4 is 46.4 Å². The number of fused-ring (bicyclic) bond motifs is 1. The maximum absolute atomic E-state index is 12.6. The van der Waals surface area contributed by atoms with Gasteiger partial charge in [0.15, 0.2) is 11.5 Å². The molecule has 4 rings (SSSR count). The molecule has 27 heavy (non-hydrogen) atoms. The smallest absolute Gasteiger partial charge is 0.229 e. The van der Waals surface area contributed by atoms with Crippen LogP contribution in [0.1, 0.15) is 6.42 Å². The first-order chi connectivity index (χ1) is 13.0. The molecule has 2 aliphatic rings. The van der Waals surface area contributed by atoms with Crippen LogP contribution in [0.25, 0.3) is 0 Å². The molecule has 2 aromatic rings. The van der Waals surface area contributed by atoms with E-state index in [2.05, 4.69) is 5.32 Å². The molecule has 2 heterocycles. The summed E-state index contributed by atoms with van der Waals surface area (Å²) in [6, 6.07) is 10.2. The van der Waals surface area contributed by atoms with Gasteiger partial charge in [-0.2, -0.15) is 0 Å². The van der Waals surface area contributed by atoms with Gasteiger partial charge in [-0.25, -0.2) is 0 Å². The molecule has 0 bridgehead atoms. The van der Waals surface area contributed by atoms with Crippen molar-refractivity contribution in [2.45, 2.75) is 6.42 Å². The van der Waals surface area contributed by atoms with Gasteiger partial charge in [-0.15, -0.1) is 0 Å². The number of benzene rings is 2. The van der Waals surface area contributed by atoms with Gasteiger partial charge < -0.3 is 19.7 Å². The van der Waals surface area contributed by atoms with Gasteiger partial charge in [-0.1, -0.05) is 23.2 Å². The van der Waals surface area contributed by atoms with Crippen LogP contribution in [0.4, 0.5) is 11.4 Å². The molecule has 0 saturated carbocycles. The second-order valence-electron chi connectivity index (χ2n) is 6.35. The lowest BCUT2D eigenvalue weighted by Gasteiger charge is -2.22. The van der Waals surface area contributed by atoms with Gasteiger partial charge in [0.25, 0.3) is 0 Å². The Kier molecular flexibility index (Phi) is 4.85. The molecule has 8 heteroatoms. The fourth-order valence-corrected chi connectivity index (χ4v) is 3.61. The van der Waals surface area contributed by atoms with E-state index in [0.717, 1.165) is 0 Å². The summed E-state index contributed by atoms with van der Waals surface area (Å²) in [5.41, 5.74) is 1.15. The summed E-state index contributed by atoms with van der Waals surface area (Å²) in [5.74, 6) is 0.412. The number of anilines is 2. The quantitative estimate of drug-likeness (QED) is 0.842. The summed E-state index contributed by atoms with van der Waals surface area (Å²) in [7, 11) is 0. The fraction of sp³-hybridized carbons (Fsp3) is 0.263. The molecule has 1 unspecified atom stereocenters. The third-order valence-electron chi connectivity index (χ3n) is 4.52. The molecule has 1 atom stereocenters. The molecule has 1 fully saturated rings. The van der Waals surface area contributed by atoms with Crippen LogP contribution in [-0.2, 0) is 9.59 Å². The average Bonchev–Trinajstić information content (AvgIpc) is 3.05. The van der Waals surface area contributed by atoms with Crippen LogP contribution in [0, 0.1) is 5.92 Å². The van der Waals surface area contributed by atoms with E-state index in [9.17, 15) is 9.59 Å². The summed E-state index contributed by atoms with van der Waals surface area (Å²) in [6.45, 7) is 1.26. The number of ether oxygens (including phenoxy) is 2. The zero-order valence-electron chi connectivity index (χ0n) is 14.2. The summed E-state index contributed by atoms with van der Waals surface area (Å²) >= 11 is 12.0. The van der Waals surface area contributed by atoms with Crippen molar-refractivity contribution in [3.8, 4) is 11.5 Å². The van der Waals surface area contributed by atoms with Gasteiger partial charge in [-0.05, 0) is 30.3 Å². The second-order valence-corrected chi connectivity index (χ2v) is 7.19. The molecule has 2 aliphatic heterocycles. The van der Waals surface area contributed by atoms with Crippen LogP contribution in [-0.4, -0.2) is 31.6 Å². The predicted octanol–water partition coefficient (Wildman–Crippen LogP) is 3.76. The Morgan fingerprint density at radius 1 is 1.07 bits per heavy atom. The molecule has 6 nitrogen and oxygen atoms in total. The van der Waals surface area contributed by atoms with Gasteiger partial charge in [0, 0.05) is 29.7 Å². The Labute approximate surface area is 165 Å². The predicted molar refractivity (Wildman–Crippen MR) is 103 cm³/mol. The Hall–Kier alpha value is -2.44. The molecule has 2 amide bonds. The first-order valence-corrected chi connectivity index (χ1v) is 9.23. The van der Waals surface area contributed by atoms with Crippen molar-refractivity contribution in [1.82, 2.24) is 0 Å². The molecule has 140 valence electrons. The molecular formula is C19H16Cl2N2O4. The number of hydrogen-bond donors (Lipinski definition) is 1. The van der Waals surface area contributed by atoms with Crippen LogP contribution >= 0.6 is 23.2 Å². The number of rotatable bonds is 3. The van der Waals surface area contributed by atoms with Crippen LogP contribution in [0.2, 0.25) is 10.0 Å². The van der Waals surface area contributed by atoms with Gasteiger partial charge in [0.1, 0.15) is 13.2 Å². The van der Waals surface area contributed by atoms with E-state index in [1.54, 1.807) is 41.3 Å². The van der Waals surface area contributed by atoms with E-state index < -0.39 is 5.92 Å². The topological polar surface area (TPSA) is 67.9 Å². The Morgan fingerprint density at radius 2 is 1.85 bits per heavy atom. The number of amides is 2.